The van der Waals surface area contributed by atoms with Crippen molar-refractivity contribution in [1.82, 2.24) is 20.3 Å². The number of hydrogen-bond donors (Lipinski definition) is 2. The highest BCUT2D eigenvalue weighted by molar-refractivity contribution is 5.93. The number of ether oxygens (including phenoxy) is 1. The summed E-state index contributed by atoms with van der Waals surface area (Å²) in [4.78, 5) is 35.7. The monoisotopic (exact) mass is 376 g/mol. The molecule has 7 nitrogen and oxygen atoms in total. The van der Waals surface area contributed by atoms with Crippen molar-refractivity contribution in [2.24, 2.45) is 5.41 Å². The van der Waals surface area contributed by atoms with Crippen LogP contribution in [-0.2, 0) is 0 Å². The third kappa shape index (κ3) is 4.09. The van der Waals surface area contributed by atoms with E-state index in [1.54, 1.807) is 24.4 Å². The van der Waals surface area contributed by atoms with Gasteiger partial charge in [-0.1, -0.05) is 24.3 Å². The Labute approximate surface area is 161 Å². The minimum absolute atomic E-state index is 0.0144. The van der Waals surface area contributed by atoms with E-state index < -0.39 is 11.5 Å². The molecule has 1 amide bonds. The van der Waals surface area contributed by atoms with Crippen LogP contribution in [0.4, 0.5) is 0 Å². The lowest BCUT2D eigenvalue weighted by atomic mass is 10.1. The van der Waals surface area contributed by atoms with E-state index >= 15 is 0 Å². The summed E-state index contributed by atoms with van der Waals surface area (Å²) in [7, 11) is 0. The van der Waals surface area contributed by atoms with Crippen molar-refractivity contribution in [3.05, 3.63) is 76.8 Å². The second-order valence-corrected chi connectivity index (χ2v) is 6.97. The van der Waals surface area contributed by atoms with E-state index in [0.717, 1.165) is 18.6 Å². The molecule has 2 aromatic heterocycles. The maximum atomic E-state index is 12.4. The van der Waals surface area contributed by atoms with Gasteiger partial charge in [-0.2, -0.15) is 0 Å². The molecular weight excluding hydrogens is 356 g/mol. The van der Waals surface area contributed by atoms with Gasteiger partial charge in [0.1, 0.15) is 17.0 Å². The third-order valence-corrected chi connectivity index (χ3v) is 4.82. The van der Waals surface area contributed by atoms with Crippen LogP contribution in [-0.4, -0.2) is 34.0 Å². The van der Waals surface area contributed by atoms with E-state index in [1.807, 2.05) is 30.3 Å². The number of hydrogen-bond acceptors (Lipinski definition) is 5. The fraction of sp³-hybridized carbons (Fsp3) is 0.238. The van der Waals surface area contributed by atoms with Gasteiger partial charge in [0, 0.05) is 24.4 Å². The average Bonchev–Trinajstić information content (AvgIpc) is 3.52. The number of para-hydroxylation sites is 1. The van der Waals surface area contributed by atoms with Gasteiger partial charge in [0.15, 0.2) is 5.82 Å². The first-order valence-corrected chi connectivity index (χ1v) is 9.12. The van der Waals surface area contributed by atoms with E-state index in [1.165, 1.54) is 6.20 Å². The number of carbonyl (C=O) groups is 1. The van der Waals surface area contributed by atoms with E-state index in [9.17, 15) is 9.59 Å². The average molecular weight is 376 g/mol. The normalized spacial score (nSPS) is 14.3. The van der Waals surface area contributed by atoms with Crippen molar-refractivity contribution in [3.63, 3.8) is 0 Å². The van der Waals surface area contributed by atoms with Crippen LogP contribution in [0.1, 0.15) is 23.2 Å². The number of carbonyl (C=O) groups excluding carboxylic acids is 1. The molecule has 0 spiro atoms. The number of aromatic amines is 1. The van der Waals surface area contributed by atoms with Gasteiger partial charge in [-0.25, -0.2) is 4.98 Å². The molecule has 3 aromatic rings. The number of nitrogens with zero attached hydrogens (tertiary/aromatic N) is 2. The number of nitrogens with one attached hydrogen (secondary N) is 2. The van der Waals surface area contributed by atoms with Crippen LogP contribution in [0.25, 0.3) is 11.5 Å². The Bertz CT molecular complexity index is 1010. The molecule has 1 aliphatic rings. The third-order valence-electron chi connectivity index (χ3n) is 4.82. The molecule has 7 heteroatoms. The van der Waals surface area contributed by atoms with Crippen LogP contribution < -0.4 is 15.6 Å². The van der Waals surface area contributed by atoms with Gasteiger partial charge in [0.05, 0.1) is 6.61 Å². The SMILES string of the molecule is O=C(NCC1(COc2ccccc2)CC1)c1cnc(-c2ccccn2)[nH]c1=O. The molecule has 1 saturated carbocycles. The summed E-state index contributed by atoms with van der Waals surface area (Å²) in [6.07, 6.45) is 4.86. The predicted octanol–water partition coefficient (Wildman–Crippen LogP) is 2.42. The molecule has 0 radical (unpaired) electrons. The Morgan fingerprint density at radius 2 is 1.89 bits per heavy atom. The number of benzene rings is 1. The molecule has 1 aromatic carbocycles. The minimum atomic E-state index is -0.487. The van der Waals surface area contributed by atoms with Gasteiger partial charge in [-0.05, 0) is 37.1 Å². The minimum Gasteiger partial charge on any atom is -0.493 e. The summed E-state index contributed by atoms with van der Waals surface area (Å²) in [5, 5.41) is 2.84. The van der Waals surface area contributed by atoms with Gasteiger partial charge in [-0.15, -0.1) is 0 Å². The summed E-state index contributed by atoms with van der Waals surface area (Å²) >= 11 is 0. The molecule has 1 fully saturated rings. The second-order valence-electron chi connectivity index (χ2n) is 6.97. The van der Waals surface area contributed by atoms with E-state index in [0.29, 0.717) is 24.7 Å². The fourth-order valence-electron chi connectivity index (χ4n) is 2.85. The number of rotatable bonds is 7. The van der Waals surface area contributed by atoms with E-state index in [4.69, 9.17) is 4.74 Å². The lowest BCUT2D eigenvalue weighted by Gasteiger charge is -2.17. The molecule has 0 aliphatic heterocycles. The largest absolute Gasteiger partial charge is 0.493 e. The molecule has 142 valence electrons. The summed E-state index contributed by atoms with van der Waals surface area (Å²) in [5.74, 6) is 0.704. The summed E-state index contributed by atoms with van der Waals surface area (Å²) in [6, 6.07) is 14.9. The summed E-state index contributed by atoms with van der Waals surface area (Å²) < 4.78 is 5.82. The van der Waals surface area contributed by atoms with Gasteiger partial charge >= 0.3 is 0 Å². The molecule has 0 atom stereocenters. The van der Waals surface area contributed by atoms with Gasteiger partial charge in [0.25, 0.3) is 11.5 Å². The van der Waals surface area contributed by atoms with E-state index in [-0.39, 0.29) is 11.0 Å². The van der Waals surface area contributed by atoms with Gasteiger partial charge in [-0.3, -0.25) is 14.6 Å². The zero-order valence-corrected chi connectivity index (χ0v) is 15.2. The Hall–Kier alpha value is -3.48. The van der Waals surface area contributed by atoms with Crippen molar-refractivity contribution in [2.45, 2.75) is 12.8 Å². The Kier molecular flexibility index (Phi) is 4.89. The van der Waals surface area contributed by atoms with Crippen LogP contribution in [0.15, 0.2) is 65.7 Å². The standard InChI is InChI=1S/C21H20N4O3/c26-19(16-12-23-18(25-20(16)27)17-8-4-5-11-22-17)24-13-21(9-10-21)14-28-15-6-2-1-3-7-15/h1-8,11-12H,9-10,13-14H2,(H,24,26)(H,23,25,27). The molecule has 28 heavy (non-hydrogen) atoms. The summed E-state index contributed by atoms with van der Waals surface area (Å²) in [6.45, 7) is 0.991. The van der Waals surface area contributed by atoms with Crippen molar-refractivity contribution in [2.75, 3.05) is 13.2 Å². The maximum Gasteiger partial charge on any atom is 0.264 e. The number of aromatic nitrogens is 3. The maximum absolute atomic E-state index is 12.4. The first-order valence-electron chi connectivity index (χ1n) is 9.12. The highest BCUT2D eigenvalue weighted by atomic mass is 16.5. The number of amides is 1. The first-order chi connectivity index (χ1) is 13.7. The van der Waals surface area contributed by atoms with Crippen LogP contribution >= 0.6 is 0 Å². The quantitative estimate of drug-likeness (QED) is 0.660. The number of H-pyrrole nitrogens is 1. The first kappa shape index (κ1) is 17.9. The van der Waals surface area contributed by atoms with E-state index in [2.05, 4.69) is 20.3 Å². The van der Waals surface area contributed by atoms with Crippen LogP contribution in [0.2, 0.25) is 0 Å². The smallest absolute Gasteiger partial charge is 0.264 e. The fourth-order valence-corrected chi connectivity index (χ4v) is 2.85. The van der Waals surface area contributed by atoms with Crippen molar-refractivity contribution in [3.8, 4) is 17.3 Å². The van der Waals surface area contributed by atoms with Crippen molar-refractivity contribution < 1.29 is 9.53 Å². The second kappa shape index (κ2) is 7.64. The predicted molar refractivity (Wildman–Crippen MR) is 104 cm³/mol. The molecule has 0 bridgehead atoms. The molecule has 4 rings (SSSR count). The highest BCUT2D eigenvalue weighted by Crippen LogP contribution is 2.45. The zero-order valence-electron chi connectivity index (χ0n) is 15.2. The molecule has 0 saturated heterocycles. The Morgan fingerprint density at radius 1 is 1.11 bits per heavy atom. The zero-order chi connectivity index (χ0) is 19.4. The molecule has 0 unspecified atom stereocenters. The molecule has 1 aliphatic carbocycles. The molecular formula is C21H20N4O3. The Balaban J connectivity index is 1.37. The molecule has 2 heterocycles. The Morgan fingerprint density at radius 3 is 2.57 bits per heavy atom. The van der Waals surface area contributed by atoms with Crippen LogP contribution in [0.5, 0.6) is 5.75 Å². The van der Waals surface area contributed by atoms with Gasteiger partial charge < -0.3 is 15.0 Å². The lowest BCUT2D eigenvalue weighted by molar-refractivity contribution is 0.0935. The van der Waals surface area contributed by atoms with Crippen LogP contribution in [0.3, 0.4) is 0 Å². The number of pyridine rings is 1. The topological polar surface area (TPSA) is 97.0 Å². The highest BCUT2D eigenvalue weighted by Gasteiger charge is 2.43. The van der Waals surface area contributed by atoms with Gasteiger partial charge in [0.2, 0.25) is 0 Å². The van der Waals surface area contributed by atoms with Crippen molar-refractivity contribution >= 4 is 5.91 Å². The lowest BCUT2D eigenvalue weighted by Crippen LogP contribution is -2.36. The van der Waals surface area contributed by atoms with Crippen LogP contribution in [0, 0.1) is 5.41 Å². The van der Waals surface area contributed by atoms with Crippen molar-refractivity contribution in [1.29, 1.82) is 0 Å². The molecule has 2 N–H and O–H groups in total. The summed E-state index contributed by atoms with van der Waals surface area (Å²) in [5.41, 5.74) is -0.0286.